The van der Waals surface area contributed by atoms with Gasteiger partial charge in [-0.15, -0.1) is 0 Å². The Hall–Kier alpha value is -2.92. The van der Waals surface area contributed by atoms with Crippen molar-refractivity contribution in [3.8, 4) is 5.69 Å². The summed E-state index contributed by atoms with van der Waals surface area (Å²) in [7, 11) is 0. The molecule has 0 bridgehead atoms. The molecule has 1 amide bonds. The summed E-state index contributed by atoms with van der Waals surface area (Å²) in [4.78, 5) is 32.5. The predicted molar refractivity (Wildman–Crippen MR) is 147 cm³/mol. The lowest BCUT2D eigenvalue weighted by atomic mass is 10.0. The third-order valence-corrected chi connectivity index (χ3v) is 7.91. The van der Waals surface area contributed by atoms with E-state index in [1.54, 1.807) is 6.20 Å². The van der Waals surface area contributed by atoms with E-state index in [2.05, 4.69) is 32.0 Å². The van der Waals surface area contributed by atoms with E-state index in [-0.39, 0.29) is 12.1 Å². The Labute approximate surface area is 222 Å². The van der Waals surface area contributed by atoms with Crippen molar-refractivity contribution in [2.75, 3.05) is 44.2 Å². The van der Waals surface area contributed by atoms with Crippen molar-refractivity contribution in [1.82, 2.24) is 19.4 Å². The summed E-state index contributed by atoms with van der Waals surface area (Å²) < 4.78 is 1.54. The molecule has 1 saturated carbocycles. The Kier molecular flexibility index (Phi) is 7.94. The van der Waals surface area contributed by atoms with Crippen LogP contribution in [0.4, 0.5) is 5.82 Å². The maximum Gasteiger partial charge on any atom is 0.354 e. The summed E-state index contributed by atoms with van der Waals surface area (Å²) in [6, 6.07) is 8.07. The number of likely N-dealkylation sites (tertiary alicyclic amines) is 1. The number of fused-ring (bicyclic) bond motifs is 1. The first-order valence-corrected chi connectivity index (χ1v) is 12.9. The highest BCUT2D eigenvalue weighted by molar-refractivity contribution is 6.31. The first kappa shape index (κ1) is 27.1. The van der Waals surface area contributed by atoms with Crippen LogP contribution in [0, 0.1) is 11.8 Å². The Morgan fingerprint density at radius 1 is 1.19 bits per heavy atom. The van der Waals surface area contributed by atoms with Gasteiger partial charge in [-0.3, -0.25) is 14.3 Å². The Morgan fingerprint density at radius 3 is 2.35 bits per heavy atom. The summed E-state index contributed by atoms with van der Waals surface area (Å²) in [5.74, 6) is 1.98. The number of primary amides is 1. The molecule has 37 heavy (non-hydrogen) atoms. The minimum absolute atomic E-state index is 0.250. The van der Waals surface area contributed by atoms with Crippen molar-refractivity contribution < 1.29 is 4.79 Å². The molecule has 3 aliphatic rings. The Balaban J connectivity index is 0.00000102. The lowest BCUT2D eigenvalue weighted by Crippen LogP contribution is -2.51. The summed E-state index contributed by atoms with van der Waals surface area (Å²) in [6.07, 6.45) is 2.03. The summed E-state index contributed by atoms with van der Waals surface area (Å²) >= 11 is 6.59. The lowest BCUT2D eigenvalue weighted by Gasteiger charge is -2.41. The van der Waals surface area contributed by atoms with Crippen LogP contribution in [0.15, 0.2) is 47.5 Å². The van der Waals surface area contributed by atoms with Gasteiger partial charge in [-0.2, -0.15) is 4.98 Å². The number of rotatable bonds is 6. The monoisotopic (exact) mass is 528 g/mol. The predicted octanol–water partition coefficient (Wildman–Crippen LogP) is 0.749. The molecular weight excluding hydrogens is 492 g/mol. The van der Waals surface area contributed by atoms with Crippen molar-refractivity contribution >= 4 is 23.8 Å². The summed E-state index contributed by atoms with van der Waals surface area (Å²) in [5, 5.41) is 0.664. The van der Waals surface area contributed by atoms with Crippen LogP contribution >= 0.6 is 11.6 Å². The van der Waals surface area contributed by atoms with Crippen molar-refractivity contribution in [3.05, 3.63) is 63.8 Å². The number of nitrogens with two attached hydrogens (primary N) is 3. The molecule has 1 aromatic heterocycles. The molecule has 1 aliphatic carbocycles. The number of halogens is 1. The van der Waals surface area contributed by atoms with Crippen LogP contribution in [0.3, 0.4) is 0 Å². The van der Waals surface area contributed by atoms with E-state index >= 15 is 0 Å². The Bertz CT molecular complexity index is 1190. The number of piperazine rings is 1. The molecule has 2 saturated heterocycles. The van der Waals surface area contributed by atoms with Crippen LogP contribution in [0.25, 0.3) is 5.69 Å². The fourth-order valence-electron chi connectivity index (χ4n) is 5.22. The van der Waals surface area contributed by atoms with Crippen LogP contribution in [-0.2, 0) is 11.3 Å². The van der Waals surface area contributed by atoms with Gasteiger partial charge in [0.05, 0.1) is 5.69 Å². The number of hydrogen-bond acceptors (Lipinski definition) is 8. The Morgan fingerprint density at radius 2 is 1.81 bits per heavy atom. The average molecular weight is 529 g/mol. The normalized spacial score (nSPS) is 23.2. The molecule has 11 heteroatoms. The maximum atomic E-state index is 12.9. The summed E-state index contributed by atoms with van der Waals surface area (Å²) in [5.41, 5.74) is 18.4. The van der Waals surface area contributed by atoms with Gasteiger partial charge in [0.2, 0.25) is 6.41 Å². The highest BCUT2D eigenvalue weighted by Gasteiger charge is 2.53. The van der Waals surface area contributed by atoms with Gasteiger partial charge in [-0.25, -0.2) is 4.79 Å². The molecule has 2 aromatic rings. The number of aromatic nitrogens is 2. The van der Waals surface area contributed by atoms with E-state index in [9.17, 15) is 4.79 Å². The second kappa shape index (κ2) is 10.8. The second-order valence-electron chi connectivity index (χ2n) is 10.6. The fraction of sp³-hybridized carbons (Fsp3) is 0.500. The molecule has 2 unspecified atom stereocenters. The van der Waals surface area contributed by atoms with E-state index in [4.69, 9.17) is 27.9 Å². The van der Waals surface area contributed by atoms with E-state index in [0.29, 0.717) is 28.7 Å². The van der Waals surface area contributed by atoms with Gasteiger partial charge in [0, 0.05) is 74.3 Å². The molecule has 3 heterocycles. The zero-order valence-corrected chi connectivity index (χ0v) is 22.3. The lowest BCUT2D eigenvalue weighted by molar-refractivity contribution is -0.106. The zero-order chi connectivity index (χ0) is 26.9. The zero-order valence-electron chi connectivity index (χ0n) is 21.5. The van der Waals surface area contributed by atoms with Gasteiger partial charge in [0.1, 0.15) is 5.82 Å². The summed E-state index contributed by atoms with van der Waals surface area (Å²) in [6.45, 7) is 14.1. The standard InChI is InChI=1S/C25H34ClN7O.CH3NO/c1-16(25(2,3)28)31-8-10-32(11-9-31)22-6-7-33(24(34)29-22)18-5-4-17(21(26)12-18)13-30-14-19-20(15-30)23(19)27;2-1-3/h4-7,12,19-20,23H,1,8-11,13-15,27-28H2,2-3H3;1H,(H2,2,3). The molecule has 2 atom stereocenters. The molecule has 200 valence electrons. The molecule has 0 spiro atoms. The van der Waals surface area contributed by atoms with Crippen LogP contribution in [0.5, 0.6) is 0 Å². The van der Waals surface area contributed by atoms with Gasteiger partial charge in [0.25, 0.3) is 0 Å². The van der Waals surface area contributed by atoms with E-state index in [1.165, 1.54) is 4.57 Å². The number of piperidine rings is 1. The number of benzene rings is 1. The highest BCUT2D eigenvalue weighted by Crippen LogP contribution is 2.44. The number of nitrogens with zero attached hydrogens (tertiary/aromatic N) is 5. The highest BCUT2D eigenvalue weighted by atomic mass is 35.5. The van der Waals surface area contributed by atoms with Gasteiger partial charge < -0.3 is 27.0 Å². The molecule has 1 aromatic carbocycles. The number of anilines is 1. The second-order valence-corrected chi connectivity index (χ2v) is 11.0. The first-order valence-electron chi connectivity index (χ1n) is 12.5. The molecule has 10 nitrogen and oxygen atoms in total. The minimum atomic E-state index is -0.444. The third-order valence-electron chi connectivity index (χ3n) is 7.56. The van der Waals surface area contributed by atoms with Crippen LogP contribution < -0.4 is 27.8 Å². The van der Waals surface area contributed by atoms with E-state index in [0.717, 1.165) is 62.8 Å². The molecule has 6 N–H and O–H groups in total. The van der Waals surface area contributed by atoms with Crippen LogP contribution in [0.1, 0.15) is 19.4 Å². The van der Waals surface area contributed by atoms with E-state index in [1.807, 2.05) is 38.1 Å². The van der Waals surface area contributed by atoms with Crippen LogP contribution in [0.2, 0.25) is 5.02 Å². The van der Waals surface area contributed by atoms with Crippen LogP contribution in [-0.4, -0.2) is 76.6 Å². The van der Waals surface area contributed by atoms with Crippen molar-refractivity contribution in [2.24, 2.45) is 29.0 Å². The molecule has 3 fully saturated rings. The molecular formula is C26H37ClN8O2. The third kappa shape index (κ3) is 5.98. The smallest absolute Gasteiger partial charge is 0.354 e. The average Bonchev–Trinajstić information content (AvgIpc) is 3.24. The maximum absolute atomic E-state index is 12.9. The van der Waals surface area contributed by atoms with Gasteiger partial charge in [0.15, 0.2) is 0 Å². The van der Waals surface area contributed by atoms with Gasteiger partial charge in [-0.05, 0) is 49.4 Å². The number of amides is 1. The topological polar surface area (TPSA) is 140 Å². The minimum Gasteiger partial charge on any atom is -0.372 e. The number of hydrogen-bond donors (Lipinski definition) is 3. The largest absolute Gasteiger partial charge is 0.372 e. The van der Waals surface area contributed by atoms with E-state index < -0.39 is 5.54 Å². The first-order chi connectivity index (χ1) is 17.5. The quantitative estimate of drug-likeness (QED) is 0.467. The fourth-order valence-corrected chi connectivity index (χ4v) is 5.46. The van der Waals surface area contributed by atoms with Crippen molar-refractivity contribution in [1.29, 1.82) is 0 Å². The van der Waals surface area contributed by atoms with Crippen molar-refractivity contribution in [3.63, 3.8) is 0 Å². The number of carbonyl (C=O) groups is 1. The molecule has 0 radical (unpaired) electrons. The SMILES string of the molecule is C=C(N1CCN(c2ccn(-c3ccc(CN4CC5C(N)C5C4)c(Cl)c3)c(=O)n2)CC1)C(C)(C)N.NC=O. The number of carbonyl (C=O) groups excluding carboxylic acids is 1. The molecule has 5 rings (SSSR count). The van der Waals surface area contributed by atoms with Gasteiger partial charge in [-0.1, -0.05) is 24.2 Å². The van der Waals surface area contributed by atoms with Crippen molar-refractivity contribution in [2.45, 2.75) is 32.0 Å². The van der Waals surface area contributed by atoms with Gasteiger partial charge >= 0.3 is 5.69 Å². The molecule has 2 aliphatic heterocycles.